The first kappa shape index (κ1) is 17.2. The van der Waals surface area contributed by atoms with Gasteiger partial charge in [-0.05, 0) is 65.7 Å². The Bertz CT molecular complexity index is 278. The summed E-state index contributed by atoms with van der Waals surface area (Å²) in [5.41, 5.74) is 2.95. The van der Waals surface area contributed by atoms with E-state index in [0.29, 0.717) is 6.42 Å². The maximum absolute atomic E-state index is 9.81. The summed E-state index contributed by atoms with van der Waals surface area (Å²) in [6.07, 6.45) is 9.70. The molecule has 18 heavy (non-hydrogen) atoms. The summed E-state index contributed by atoms with van der Waals surface area (Å²) in [4.78, 5) is 9.81. The van der Waals surface area contributed by atoms with E-state index in [0.717, 1.165) is 11.8 Å². The Morgan fingerprint density at radius 2 is 1.28 bits per heavy atom. The molecule has 0 aliphatic heterocycles. The Hall–Kier alpha value is -0.850. The van der Waals surface area contributed by atoms with Crippen molar-refractivity contribution in [3.8, 4) is 0 Å². The van der Waals surface area contributed by atoms with Gasteiger partial charge in [0, 0.05) is 6.42 Å². The molecule has 0 saturated heterocycles. The second kappa shape index (κ2) is 9.13. The van der Waals surface area contributed by atoms with Crippen molar-refractivity contribution in [3.05, 3.63) is 23.3 Å². The fourth-order valence-electron chi connectivity index (χ4n) is 2.30. The lowest BCUT2D eigenvalue weighted by atomic mass is 10.0. The maximum Gasteiger partial charge on any atom is 0.129 e. The molecule has 1 aliphatic rings. The summed E-state index contributed by atoms with van der Waals surface area (Å²) in [5.74, 6) is 1.96. The molecule has 0 amide bonds. The van der Waals surface area contributed by atoms with Crippen molar-refractivity contribution >= 4 is 5.78 Å². The number of rotatable bonds is 3. The van der Waals surface area contributed by atoms with E-state index in [-0.39, 0.29) is 5.78 Å². The van der Waals surface area contributed by atoms with Gasteiger partial charge in [-0.2, -0.15) is 0 Å². The van der Waals surface area contributed by atoms with E-state index < -0.39 is 0 Å². The van der Waals surface area contributed by atoms with Crippen LogP contribution in [0.15, 0.2) is 23.3 Å². The van der Waals surface area contributed by atoms with Gasteiger partial charge in [-0.15, -0.1) is 0 Å². The van der Waals surface area contributed by atoms with Crippen LogP contribution in [0.4, 0.5) is 0 Å². The summed E-state index contributed by atoms with van der Waals surface area (Å²) in [5, 5.41) is 0. The zero-order chi connectivity index (χ0) is 14.1. The molecule has 0 aromatic rings. The van der Waals surface area contributed by atoms with E-state index in [9.17, 15) is 4.79 Å². The minimum atomic E-state index is 0.255. The number of carbonyl (C=O) groups excluding carboxylic acids is 1. The van der Waals surface area contributed by atoms with E-state index in [1.807, 2.05) is 6.92 Å². The number of hydrogen-bond acceptors (Lipinski definition) is 1. The zero-order valence-corrected chi connectivity index (χ0v) is 13.0. The lowest BCUT2D eigenvalue weighted by molar-refractivity contribution is -0.116. The van der Waals surface area contributed by atoms with Gasteiger partial charge in [0.1, 0.15) is 5.78 Å². The third-order valence-corrected chi connectivity index (χ3v) is 3.15. The molecule has 1 fully saturated rings. The standard InChI is InChI=1S/C13H22.C4H8O/c1-10(2)7-12-5-6-13(9-12)8-11(3)4;1-3-4(2)5/h7-8,12-13H,5-6,9H2,1-4H3;3H2,1-2H3. The summed E-state index contributed by atoms with van der Waals surface area (Å²) in [6, 6.07) is 0. The molecule has 0 aromatic heterocycles. The van der Waals surface area contributed by atoms with E-state index >= 15 is 0 Å². The molecule has 1 saturated carbocycles. The van der Waals surface area contributed by atoms with Gasteiger partial charge in [0.05, 0.1) is 0 Å². The Morgan fingerprint density at radius 1 is 0.944 bits per heavy atom. The van der Waals surface area contributed by atoms with Gasteiger partial charge in [-0.3, -0.25) is 0 Å². The number of Topliss-reactive ketones (excluding diaryl/α,β-unsaturated/α-hetero) is 1. The number of allylic oxidation sites excluding steroid dienone is 4. The number of carbonyl (C=O) groups is 1. The van der Waals surface area contributed by atoms with Crippen LogP contribution in [-0.2, 0) is 4.79 Å². The molecule has 104 valence electrons. The van der Waals surface area contributed by atoms with Crippen LogP contribution in [0.5, 0.6) is 0 Å². The molecule has 2 unspecified atom stereocenters. The Labute approximate surface area is 113 Å². The second-order valence-electron chi connectivity index (χ2n) is 5.88. The van der Waals surface area contributed by atoms with Crippen LogP contribution >= 0.6 is 0 Å². The first-order valence-corrected chi connectivity index (χ1v) is 7.14. The largest absolute Gasteiger partial charge is 0.300 e. The van der Waals surface area contributed by atoms with Crippen LogP contribution in [0.1, 0.15) is 67.2 Å². The molecule has 1 nitrogen and oxygen atoms in total. The highest BCUT2D eigenvalue weighted by Crippen LogP contribution is 2.33. The fraction of sp³-hybridized carbons (Fsp3) is 0.706. The average molecular weight is 250 g/mol. The summed E-state index contributed by atoms with van der Waals surface area (Å²) >= 11 is 0. The average Bonchev–Trinajstić information content (AvgIpc) is 2.64. The zero-order valence-electron chi connectivity index (χ0n) is 13.0. The monoisotopic (exact) mass is 250 g/mol. The molecule has 1 aliphatic carbocycles. The quantitative estimate of drug-likeness (QED) is 0.619. The molecule has 1 heteroatoms. The molecule has 0 N–H and O–H groups in total. The molecule has 0 heterocycles. The van der Waals surface area contributed by atoms with E-state index in [1.54, 1.807) is 6.92 Å². The predicted molar refractivity (Wildman–Crippen MR) is 80.7 cm³/mol. The highest BCUT2D eigenvalue weighted by molar-refractivity contribution is 5.74. The third-order valence-electron chi connectivity index (χ3n) is 3.15. The fourth-order valence-corrected chi connectivity index (χ4v) is 2.30. The molecule has 0 spiro atoms. The van der Waals surface area contributed by atoms with Gasteiger partial charge < -0.3 is 4.79 Å². The first-order chi connectivity index (χ1) is 8.35. The van der Waals surface area contributed by atoms with Crippen molar-refractivity contribution in [2.45, 2.75) is 67.2 Å². The van der Waals surface area contributed by atoms with Crippen molar-refractivity contribution < 1.29 is 4.79 Å². The smallest absolute Gasteiger partial charge is 0.129 e. The van der Waals surface area contributed by atoms with Gasteiger partial charge >= 0.3 is 0 Å². The number of hydrogen-bond donors (Lipinski definition) is 0. The maximum atomic E-state index is 9.81. The van der Waals surface area contributed by atoms with Crippen molar-refractivity contribution in [1.82, 2.24) is 0 Å². The molecule has 0 bridgehead atoms. The molecular formula is C17H30O. The van der Waals surface area contributed by atoms with Gasteiger partial charge in [-0.1, -0.05) is 30.2 Å². The normalized spacial score (nSPS) is 21.7. The molecule has 0 radical (unpaired) electrons. The minimum Gasteiger partial charge on any atom is -0.300 e. The predicted octanol–water partition coefficient (Wildman–Crippen LogP) is 5.32. The SMILES string of the molecule is CC(C)=CC1CCC(C=C(C)C)C1.CCC(C)=O. The van der Waals surface area contributed by atoms with Crippen LogP contribution in [-0.4, -0.2) is 5.78 Å². The molecule has 1 rings (SSSR count). The lowest BCUT2D eigenvalue weighted by Crippen LogP contribution is -1.91. The summed E-state index contributed by atoms with van der Waals surface area (Å²) < 4.78 is 0. The summed E-state index contributed by atoms with van der Waals surface area (Å²) in [6.45, 7) is 12.2. The van der Waals surface area contributed by atoms with Gasteiger partial charge in [0.15, 0.2) is 0 Å². The van der Waals surface area contributed by atoms with Crippen LogP contribution in [0.2, 0.25) is 0 Å². The molecular weight excluding hydrogens is 220 g/mol. The topological polar surface area (TPSA) is 17.1 Å². The molecule has 0 aromatic carbocycles. The van der Waals surface area contributed by atoms with Gasteiger partial charge in [-0.25, -0.2) is 0 Å². The van der Waals surface area contributed by atoms with E-state index in [1.165, 1.54) is 30.4 Å². The second-order valence-corrected chi connectivity index (χ2v) is 5.88. The van der Waals surface area contributed by atoms with Crippen LogP contribution in [0, 0.1) is 11.8 Å². The van der Waals surface area contributed by atoms with E-state index in [4.69, 9.17) is 0 Å². The minimum absolute atomic E-state index is 0.255. The Balaban J connectivity index is 0.000000494. The Morgan fingerprint density at radius 3 is 1.50 bits per heavy atom. The van der Waals surface area contributed by atoms with Crippen LogP contribution < -0.4 is 0 Å². The van der Waals surface area contributed by atoms with Crippen molar-refractivity contribution in [2.24, 2.45) is 11.8 Å². The number of ketones is 1. The van der Waals surface area contributed by atoms with Gasteiger partial charge in [0.2, 0.25) is 0 Å². The van der Waals surface area contributed by atoms with Crippen molar-refractivity contribution in [3.63, 3.8) is 0 Å². The highest BCUT2D eigenvalue weighted by Gasteiger charge is 2.20. The lowest BCUT2D eigenvalue weighted by Gasteiger charge is -2.04. The third kappa shape index (κ3) is 9.21. The summed E-state index contributed by atoms with van der Waals surface area (Å²) in [7, 11) is 0. The van der Waals surface area contributed by atoms with Crippen molar-refractivity contribution in [2.75, 3.05) is 0 Å². The van der Waals surface area contributed by atoms with Crippen molar-refractivity contribution in [1.29, 1.82) is 0 Å². The highest BCUT2D eigenvalue weighted by atomic mass is 16.1. The molecule has 2 atom stereocenters. The van der Waals surface area contributed by atoms with Crippen LogP contribution in [0.25, 0.3) is 0 Å². The van der Waals surface area contributed by atoms with E-state index in [2.05, 4.69) is 39.8 Å². The Kier molecular flexibility index (Phi) is 8.70. The van der Waals surface area contributed by atoms with Gasteiger partial charge in [0.25, 0.3) is 0 Å². The van der Waals surface area contributed by atoms with Crippen LogP contribution in [0.3, 0.4) is 0 Å². The first-order valence-electron chi connectivity index (χ1n) is 7.14.